The summed E-state index contributed by atoms with van der Waals surface area (Å²) in [4.78, 5) is 13.7. The van der Waals surface area contributed by atoms with E-state index in [-0.39, 0.29) is 12.0 Å². The Hall–Kier alpha value is -1.36. The van der Waals surface area contributed by atoms with Crippen LogP contribution in [0.4, 0.5) is 0 Å². The number of aliphatic carboxylic acids is 1. The normalized spacial score (nSPS) is 28.6. The Balaban J connectivity index is 1.69. The molecule has 0 saturated carbocycles. The maximum absolute atomic E-state index is 11.3. The minimum absolute atomic E-state index is 0.176. The summed E-state index contributed by atoms with van der Waals surface area (Å²) in [6.45, 7) is 5.17. The molecule has 21 heavy (non-hydrogen) atoms. The van der Waals surface area contributed by atoms with Gasteiger partial charge in [0.1, 0.15) is 0 Å². The quantitative estimate of drug-likeness (QED) is 0.875. The summed E-state index contributed by atoms with van der Waals surface area (Å²) in [5, 5.41) is 14.0. The van der Waals surface area contributed by atoms with Gasteiger partial charge in [-0.05, 0) is 38.2 Å². The van der Waals surface area contributed by atoms with Crippen molar-refractivity contribution in [3.63, 3.8) is 0 Å². The van der Waals surface area contributed by atoms with Gasteiger partial charge in [-0.25, -0.2) is 0 Å². The number of hydrogen-bond donors (Lipinski definition) is 1. The highest BCUT2D eigenvalue weighted by molar-refractivity contribution is 5.71. The fourth-order valence-corrected chi connectivity index (χ4v) is 4.13. The number of hydrogen-bond acceptors (Lipinski definition) is 3. The Morgan fingerprint density at radius 1 is 1.43 bits per heavy atom. The SMILES string of the molecule is CCC(CC)n1ccc(CN2C3CCC2C(C(=O)O)C3)n1. The van der Waals surface area contributed by atoms with E-state index in [0.717, 1.165) is 44.3 Å². The highest BCUT2D eigenvalue weighted by atomic mass is 16.4. The van der Waals surface area contributed by atoms with Crippen molar-refractivity contribution in [1.29, 1.82) is 0 Å². The number of fused-ring (bicyclic) bond motifs is 2. The number of aromatic nitrogens is 2. The van der Waals surface area contributed by atoms with Crippen LogP contribution in [-0.2, 0) is 11.3 Å². The van der Waals surface area contributed by atoms with Crippen LogP contribution >= 0.6 is 0 Å². The van der Waals surface area contributed by atoms with Crippen LogP contribution in [0.2, 0.25) is 0 Å². The summed E-state index contributed by atoms with van der Waals surface area (Å²) in [5.41, 5.74) is 1.07. The van der Waals surface area contributed by atoms with Gasteiger partial charge in [-0.2, -0.15) is 5.10 Å². The van der Waals surface area contributed by atoms with Crippen LogP contribution in [0, 0.1) is 5.92 Å². The first-order valence-corrected chi connectivity index (χ1v) is 8.16. The topological polar surface area (TPSA) is 58.4 Å². The smallest absolute Gasteiger partial charge is 0.308 e. The van der Waals surface area contributed by atoms with Crippen LogP contribution < -0.4 is 0 Å². The minimum Gasteiger partial charge on any atom is -0.481 e. The van der Waals surface area contributed by atoms with Crippen molar-refractivity contribution in [3.05, 3.63) is 18.0 Å². The van der Waals surface area contributed by atoms with Crippen molar-refractivity contribution in [2.75, 3.05) is 0 Å². The second-order valence-electron chi connectivity index (χ2n) is 6.41. The van der Waals surface area contributed by atoms with E-state index in [1.54, 1.807) is 0 Å². The van der Waals surface area contributed by atoms with Crippen molar-refractivity contribution in [1.82, 2.24) is 14.7 Å². The largest absolute Gasteiger partial charge is 0.481 e. The molecule has 2 bridgehead atoms. The van der Waals surface area contributed by atoms with Gasteiger partial charge in [-0.1, -0.05) is 13.8 Å². The van der Waals surface area contributed by atoms with Gasteiger partial charge in [0.25, 0.3) is 0 Å². The lowest BCUT2D eigenvalue weighted by Crippen LogP contribution is -2.32. The average Bonchev–Trinajstić information content (AvgIpc) is 3.17. The Morgan fingerprint density at radius 2 is 2.19 bits per heavy atom. The second kappa shape index (κ2) is 5.79. The molecule has 0 aromatic carbocycles. The Kier molecular flexibility index (Phi) is 4.02. The molecule has 2 saturated heterocycles. The molecule has 1 aromatic heterocycles. The van der Waals surface area contributed by atoms with E-state index in [2.05, 4.69) is 35.7 Å². The maximum Gasteiger partial charge on any atom is 0.308 e. The predicted octanol–water partition coefficient (Wildman–Crippen LogP) is 2.68. The molecule has 1 N–H and O–H groups in total. The number of nitrogens with zero attached hydrogens (tertiary/aromatic N) is 3. The van der Waals surface area contributed by atoms with E-state index in [1.807, 2.05) is 0 Å². The van der Waals surface area contributed by atoms with Crippen molar-refractivity contribution in [2.24, 2.45) is 5.92 Å². The summed E-state index contributed by atoms with van der Waals surface area (Å²) >= 11 is 0. The summed E-state index contributed by atoms with van der Waals surface area (Å²) < 4.78 is 2.07. The summed E-state index contributed by atoms with van der Waals surface area (Å²) in [5.74, 6) is -0.806. The fraction of sp³-hybridized carbons (Fsp3) is 0.750. The van der Waals surface area contributed by atoms with E-state index < -0.39 is 5.97 Å². The standard InChI is InChI=1S/C16H25N3O2/c1-3-12(4-2)19-8-7-11(17-19)10-18-13-5-6-15(18)14(9-13)16(20)21/h7-8,12-15H,3-6,9-10H2,1-2H3,(H,20,21). The molecule has 2 aliphatic rings. The zero-order valence-electron chi connectivity index (χ0n) is 12.9. The number of carbonyl (C=O) groups is 1. The third kappa shape index (κ3) is 2.59. The molecule has 5 nitrogen and oxygen atoms in total. The first kappa shape index (κ1) is 14.6. The lowest BCUT2D eigenvalue weighted by molar-refractivity contribution is -0.142. The van der Waals surface area contributed by atoms with Gasteiger partial charge in [0, 0.05) is 24.8 Å². The Morgan fingerprint density at radius 3 is 2.81 bits per heavy atom. The van der Waals surface area contributed by atoms with E-state index in [0.29, 0.717) is 12.1 Å². The molecule has 1 aromatic rings. The van der Waals surface area contributed by atoms with E-state index >= 15 is 0 Å². The van der Waals surface area contributed by atoms with Crippen LogP contribution in [0.25, 0.3) is 0 Å². The summed E-state index contributed by atoms with van der Waals surface area (Å²) in [6.07, 6.45) is 7.23. The molecule has 2 aliphatic heterocycles. The third-order valence-electron chi connectivity index (χ3n) is 5.32. The van der Waals surface area contributed by atoms with Crippen LogP contribution in [0.15, 0.2) is 12.3 Å². The Labute approximate surface area is 125 Å². The molecule has 0 amide bonds. The zero-order chi connectivity index (χ0) is 15.0. The van der Waals surface area contributed by atoms with Crippen LogP contribution in [0.3, 0.4) is 0 Å². The first-order valence-electron chi connectivity index (χ1n) is 8.16. The van der Waals surface area contributed by atoms with Crippen LogP contribution in [0.1, 0.15) is 57.7 Å². The molecule has 2 fully saturated rings. The van der Waals surface area contributed by atoms with Crippen molar-refractivity contribution < 1.29 is 9.90 Å². The maximum atomic E-state index is 11.3. The number of carboxylic acids is 1. The van der Waals surface area contributed by atoms with Crippen molar-refractivity contribution >= 4 is 5.97 Å². The minimum atomic E-state index is -0.630. The van der Waals surface area contributed by atoms with Gasteiger partial charge in [-0.15, -0.1) is 0 Å². The van der Waals surface area contributed by atoms with Crippen LogP contribution in [0.5, 0.6) is 0 Å². The van der Waals surface area contributed by atoms with Crippen LogP contribution in [-0.4, -0.2) is 37.8 Å². The molecule has 3 rings (SSSR count). The number of rotatable bonds is 6. The average molecular weight is 291 g/mol. The predicted molar refractivity (Wildman–Crippen MR) is 79.9 cm³/mol. The molecule has 0 aliphatic carbocycles. The molecule has 116 valence electrons. The molecule has 3 unspecified atom stereocenters. The Bertz CT molecular complexity index is 509. The van der Waals surface area contributed by atoms with E-state index in [4.69, 9.17) is 5.10 Å². The highest BCUT2D eigenvalue weighted by Gasteiger charge is 2.49. The molecular formula is C16H25N3O2. The monoisotopic (exact) mass is 291 g/mol. The second-order valence-corrected chi connectivity index (χ2v) is 6.41. The number of carboxylic acid groups (broad SMARTS) is 1. The highest BCUT2D eigenvalue weighted by Crippen LogP contribution is 2.42. The van der Waals surface area contributed by atoms with E-state index in [1.165, 1.54) is 0 Å². The van der Waals surface area contributed by atoms with Crippen molar-refractivity contribution in [2.45, 2.75) is 70.6 Å². The van der Waals surface area contributed by atoms with Gasteiger partial charge in [0.15, 0.2) is 0 Å². The molecule has 3 heterocycles. The molecular weight excluding hydrogens is 266 g/mol. The van der Waals surface area contributed by atoms with Crippen molar-refractivity contribution in [3.8, 4) is 0 Å². The summed E-state index contributed by atoms with van der Waals surface area (Å²) in [6, 6.07) is 3.22. The van der Waals surface area contributed by atoms with Gasteiger partial charge in [-0.3, -0.25) is 14.4 Å². The van der Waals surface area contributed by atoms with Gasteiger partial charge >= 0.3 is 5.97 Å². The van der Waals surface area contributed by atoms with Gasteiger partial charge in [0.05, 0.1) is 17.7 Å². The van der Waals surface area contributed by atoms with Gasteiger partial charge in [0.2, 0.25) is 0 Å². The lowest BCUT2D eigenvalue weighted by Gasteiger charge is -2.21. The van der Waals surface area contributed by atoms with Gasteiger partial charge < -0.3 is 5.11 Å². The third-order valence-corrected chi connectivity index (χ3v) is 5.32. The lowest BCUT2D eigenvalue weighted by atomic mass is 9.89. The molecule has 0 spiro atoms. The zero-order valence-corrected chi connectivity index (χ0v) is 12.9. The molecule has 0 radical (unpaired) electrons. The first-order chi connectivity index (χ1) is 10.1. The summed E-state index contributed by atoms with van der Waals surface area (Å²) in [7, 11) is 0. The molecule has 3 atom stereocenters. The van der Waals surface area contributed by atoms with E-state index in [9.17, 15) is 9.90 Å². The fourth-order valence-electron chi connectivity index (χ4n) is 4.13. The molecule has 5 heteroatoms.